The van der Waals surface area contributed by atoms with Crippen molar-refractivity contribution in [3.05, 3.63) is 29.6 Å². The molecule has 0 radical (unpaired) electrons. The minimum atomic E-state index is -0.792. The van der Waals surface area contributed by atoms with Crippen LogP contribution in [0.3, 0.4) is 0 Å². The van der Waals surface area contributed by atoms with Crippen LogP contribution in [-0.4, -0.2) is 34.0 Å². The molecule has 1 rings (SSSR count). The van der Waals surface area contributed by atoms with Crippen LogP contribution in [0.4, 0.5) is 0 Å². The number of carboxylic acid groups (broad SMARTS) is 1. The van der Waals surface area contributed by atoms with Crippen molar-refractivity contribution < 1.29 is 9.90 Å². The topological polar surface area (TPSA) is 53.4 Å². The molecule has 1 N–H and O–H groups in total. The number of aromatic nitrogens is 1. The summed E-state index contributed by atoms with van der Waals surface area (Å²) in [6.07, 6.45) is 1.75. The van der Waals surface area contributed by atoms with Crippen LogP contribution in [0.2, 0.25) is 0 Å². The summed E-state index contributed by atoms with van der Waals surface area (Å²) in [7, 11) is 0. The van der Waals surface area contributed by atoms with Gasteiger partial charge in [-0.3, -0.25) is 14.7 Å². The van der Waals surface area contributed by atoms with Gasteiger partial charge in [0.25, 0.3) is 0 Å². The zero-order valence-corrected chi connectivity index (χ0v) is 10.7. The van der Waals surface area contributed by atoms with E-state index in [1.807, 2.05) is 24.0 Å². The quantitative estimate of drug-likeness (QED) is 0.820. The molecule has 0 unspecified atom stereocenters. The van der Waals surface area contributed by atoms with E-state index in [1.54, 1.807) is 6.20 Å². The van der Waals surface area contributed by atoms with Crippen LogP contribution < -0.4 is 0 Å². The van der Waals surface area contributed by atoms with E-state index in [1.165, 1.54) is 0 Å². The number of aryl methyl sites for hydroxylation is 1. The molecule has 0 aliphatic carbocycles. The summed E-state index contributed by atoms with van der Waals surface area (Å²) in [5.74, 6) is -0.349. The third-order valence-electron chi connectivity index (χ3n) is 2.47. The van der Waals surface area contributed by atoms with Gasteiger partial charge in [-0.05, 0) is 24.5 Å². The first kappa shape index (κ1) is 13.6. The lowest BCUT2D eigenvalue weighted by Crippen LogP contribution is -2.33. The van der Waals surface area contributed by atoms with Gasteiger partial charge in [0.1, 0.15) is 0 Å². The molecule has 0 saturated heterocycles. The molecule has 0 spiro atoms. The fourth-order valence-corrected chi connectivity index (χ4v) is 1.79. The number of rotatable bonds is 6. The zero-order chi connectivity index (χ0) is 12.8. The number of hydrogen-bond acceptors (Lipinski definition) is 3. The van der Waals surface area contributed by atoms with Crippen molar-refractivity contribution in [1.82, 2.24) is 9.88 Å². The zero-order valence-electron chi connectivity index (χ0n) is 10.7. The van der Waals surface area contributed by atoms with Gasteiger partial charge in [-0.25, -0.2) is 0 Å². The molecule has 0 fully saturated rings. The Balaban J connectivity index is 2.71. The van der Waals surface area contributed by atoms with E-state index in [4.69, 9.17) is 5.11 Å². The number of carboxylic acids is 1. The van der Waals surface area contributed by atoms with Gasteiger partial charge in [0.2, 0.25) is 0 Å². The Labute approximate surface area is 102 Å². The third-order valence-corrected chi connectivity index (χ3v) is 2.47. The van der Waals surface area contributed by atoms with Crippen molar-refractivity contribution in [2.24, 2.45) is 5.92 Å². The summed E-state index contributed by atoms with van der Waals surface area (Å²) in [5.41, 5.74) is 2.06. The van der Waals surface area contributed by atoms with E-state index >= 15 is 0 Å². The molecule has 0 aromatic carbocycles. The lowest BCUT2D eigenvalue weighted by Gasteiger charge is -2.22. The lowest BCUT2D eigenvalue weighted by molar-refractivity contribution is -0.138. The second-order valence-electron chi connectivity index (χ2n) is 4.72. The normalized spacial score (nSPS) is 11.1. The Bertz CT molecular complexity index is 377. The van der Waals surface area contributed by atoms with Gasteiger partial charge >= 0.3 is 5.97 Å². The highest BCUT2D eigenvalue weighted by Crippen LogP contribution is 2.09. The molecule has 17 heavy (non-hydrogen) atoms. The van der Waals surface area contributed by atoms with E-state index < -0.39 is 5.97 Å². The van der Waals surface area contributed by atoms with Crippen LogP contribution in [-0.2, 0) is 11.3 Å². The highest BCUT2D eigenvalue weighted by Gasteiger charge is 2.13. The number of hydrogen-bond donors (Lipinski definition) is 1. The molecule has 1 heterocycles. The van der Waals surface area contributed by atoms with E-state index in [2.05, 4.69) is 18.8 Å². The van der Waals surface area contributed by atoms with Crippen LogP contribution in [0, 0.1) is 12.8 Å². The van der Waals surface area contributed by atoms with Gasteiger partial charge < -0.3 is 5.11 Å². The van der Waals surface area contributed by atoms with Crippen molar-refractivity contribution in [3.63, 3.8) is 0 Å². The average Bonchev–Trinajstić information content (AvgIpc) is 2.19. The summed E-state index contributed by atoms with van der Waals surface area (Å²) in [5, 5.41) is 8.88. The van der Waals surface area contributed by atoms with Crippen molar-refractivity contribution in [2.75, 3.05) is 13.1 Å². The van der Waals surface area contributed by atoms with Crippen molar-refractivity contribution >= 4 is 5.97 Å². The number of carbonyl (C=O) groups is 1. The molecule has 0 aliphatic rings. The molecule has 0 amide bonds. The molecule has 0 saturated carbocycles. The predicted octanol–water partition coefficient (Wildman–Crippen LogP) is 1.93. The minimum absolute atomic E-state index is 0.0637. The summed E-state index contributed by atoms with van der Waals surface area (Å²) in [4.78, 5) is 17.0. The second-order valence-corrected chi connectivity index (χ2v) is 4.72. The van der Waals surface area contributed by atoms with Crippen LogP contribution >= 0.6 is 0 Å². The van der Waals surface area contributed by atoms with Crippen LogP contribution in [0.1, 0.15) is 25.1 Å². The first-order valence-electron chi connectivity index (χ1n) is 5.83. The molecule has 1 aromatic rings. The Morgan fingerprint density at radius 1 is 1.53 bits per heavy atom. The first-order chi connectivity index (χ1) is 7.99. The van der Waals surface area contributed by atoms with E-state index in [-0.39, 0.29) is 6.54 Å². The number of aliphatic carboxylic acids is 1. The Morgan fingerprint density at radius 3 is 2.76 bits per heavy atom. The average molecular weight is 236 g/mol. The summed E-state index contributed by atoms with van der Waals surface area (Å²) >= 11 is 0. The van der Waals surface area contributed by atoms with Gasteiger partial charge in [-0.2, -0.15) is 0 Å². The largest absolute Gasteiger partial charge is 0.480 e. The molecular formula is C13H20N2O2. The van der Waals surface area contributed by atoms with Crippen LogP contribution in [0.15, 0.2) is 18.3 Å². The molecule has 4 nitrogen and oxygen atoms in total. The lowest BCUT2D eigenvalue weighted by atomic mass is 10.1. The molecule has 0 bridgehead atoms. The fourth-order valence-electron chi connectivity index (χ4n) is 1.79. The molecule has 94 valence electrons. The van der Waals surface area contributed by atoms with Gasteiger partial charge in [-0.15, -0.1) is 0 Å². The third kappa shape index (κ3) is 4.95. The molecular weight excluding hydrogens is 216 g/mol. The van der Waals surface area contributed by atoms with Gasteiger partial charge in [0.05, 0.1) is 12.2 Å². The maximum atomic E-state index is 10.8. The van der Waals surface area contributed by atoms with Gasteiger partial charge in [0.15, 0.2) is 0 Å². The van der Waals surface area contributed by atoms with Crippen LogP contribution in [0.5, 0.6) is 0 Å². The summed E-state index contributed by atoms with van der Waals surface area (Å²) in [6, 6.07) is 3.89. The maximum Gasteiger partial charge on any atom is 0.317 e. The Morgan fingerprint density at radius 2 is 2.24 bits per heavy atom. The van der Waals surface area contributed by atoms with E-state index in [0.29, 0.717) is 12.5 Å². The fraction of sp³-hybridized carbons (Fsp3) is 0.538. The van der Waals surface area contributed by atoms with Crippen molar-refractivity contribution in [2.45, 2.75) is 27.3 Å². The Hall–Kier alpha value is -1.42. The number of pyridine rings is 1. The van der Waals surface area contributed by atoms with Crippen molar-refractivity contribution in [1.29, 1.82) is 0 Å². The molecule has 0 aliphatic heterocycles. The minimum Gasteiger partial charge on any atom is -0.480 e. The molecule has 4 heteroatoms. The second kappa shape index (κ2) is 6.35. The van der Waals surface area contributed by atoms with Gasteiger partial charge in [0, 0.05) is 19.3 Å². The standard InChI is InChI=1S/C13H20N2O2/c1-10(2)7-15(9-13(16)17)8-12-11(3)5-4-6-14-12/h4-6,10H,7-9H2,1-3H3,(H,16,17). The smallest absolute Gasteiger partial charge is 0.317 e. The molecule has 1 aromatic heterocycles. The summed E-state index contributed by atoms with van der Waals surface area (Å²) in [6.45, 7) is 7.59. The molecule has 0 atom stereocenters. The highest BCUT2D eigenvalue weighted by molar-refractivity contribution is 5.69. The summed E-state index contributed by atoms with van der Waals surface area (Å²) < 4.78 is 0. The van der Waals surface area contributed by atoms with Gasteiger partial charge in [-0.1, -0.05) is 19.9 Å². The number of nitrogens with zero attached hydrogens (tertiary/aromatic N) is 2. The highest BCUT2D eigenvalue weighted by atomic mass is 16.4. The first-order valence-corrected chi connectivity index (χ1v) is 5.83. The van der Waals surface area contributed by atoms with Crippen LogP contribution in [0.25, 0.3) is 0 Å². The SMILES string of the molecule is Cc1cccnc1CN(CC(=O)O)CC(C)C. The van der Waals surface area contributed by atoms with E-state index in [0.717, 1.165) is 17.8 Å². The predicted molar refractivity (Wildman–Crippen MR) is 66.7 cm³/mol. The van der Waals surface area contributed by atoms with Crippen molar-refractivity contribution in [3.8, 4) is 0 Å². The maximum absolute atomic E-state index is 10.8. The monoisotopic (exact) mass is 236 g/mol. The van der Waals surface area contributed by atoms with E-state index in [9.17, 15) is 4.79 Å². The Kier molecular flexibility index (Phi) is 5.10.